The monoisotopic (exact) mass is 157 g/mol. The van der Waals surface area contributed by atoms with E-state index in [0.29, 0.717) is 0 Å². The third kappa shape index (κ3) is 1.98. The molecule has 0 spiro atoms. The van der Waals surface area contributed by atoms with E-state index in [2.05, 4.69) is 6.92 Å². The van der Waals surface area contributed by atoms with Gasteiger partial charge in [-0.15, -0.1) is 0 Å². The van der Waals surface area contributed by atoms with Crippen molar-refractivity contribution in [2.45, 2.75) is 6.10 Å². The van der Waals surface area contributed by atoms with Crippen LogP contribution in [0.25, 0.3) is 0 Å². The molecule has 1 nitrogen and oxygen atoms in total. The van der Waals surface area contributed by atoms with Crippen molar-refractivity contribution in [3.63, 3.8) is 0 Å². The Kier molecular flexibility index (Phi) is 2.19. The second-order valence-corrected chi connectivity index (χ2v) is 2.22. The molecule has 0 fully saturated rings. The van der Waals surface area contributed by atoms with Crippen LogP contribution in [-0.4, -0.2) is 5.11 Å². The van der Waals surface area contributed by atoms with Crippen LogP contribution < -0.4 is 0 Å². The van der Waals surface area contributed by atoms with Crippen molar-refractivity contribution < 1.29 is 13.9 Å². The standard InChI is InChI=1S/C8H7F2O/c1-5(11)6-2-7(9)4-8(10)3-6/h2-5,11H,1H2. The first-order valence-corrected chi connectivity index (χ1v) is 3.07. The van der Waals surface area contributed by atoms with E-state index in [0.717, 1.165) is 18.2 Å². The lowest BCUT2D eigenvalue weighted by molar-refractivity contribution is 0.225. The Hall–Kier alpha value is -0.960. The lowest BCUT2D eigenvalue weighted by Crippen LogP contribution is -1.93. The summed E-state index contributed by atoms with van der Waals surface area (Å²) < 4.78 is 24.8. The Morgan fingerprint density at radius 3 is 2.00 bits per heavy atom. The number of halogens is 2. The van der Waals surface area contributed by atoms with Crippen molar-refractivity contribution in [2.75, 3.05) is 0 Å². The first-order valence-electron chi connectivity index (χ1n) is 3.07. The van der Waals surface area contributed by atoms with Crippen molar-refractivity contribution in [3.05, 3.63) is 42.3 Å². The van der Waals surface area contributed by atoms with Crippen LogP contribution in [0, 0.1) is 18.6 Å². The predicted octanol–water partition coefficient (Wildman–Crippen LogP) is 1.83. The van der Waals surface area contributed by atoms with Gasteiger partial charge in [0.2, 0.25) is 0 Å². The van der Waals surface area contributed by atoms with Crippen molar-refractivity contribution >= 4 is 0 Å². The molecule has 59 valence electrons. The van der Waals surface area contributed by atoms with E-state index in [9.17, 15) is 8.78 Å². The molecule has 1 atom stereocenters. The Bertz CT molecular complexity index is 238. The van der Waals surface area contributed by atoms with Gasteiger partial charge in [-0.2, -0.15) is 0 Å². The average molecular weight is 157 g/mol. The molecule has 0 bridgehead atoms. The maximum Gasteiger partial charge on any atom is 0.126 e. The van der Waals surface area contributed by atoms with Crippen LogP contribution in [-0.2, 0) is 0 Å². The second kappa shape index (κ2) is 2.96. The van der Waals surface area contributed by atoms with Gasteiger partial charge in [-0.05, 0) is 24.6 Å². The number of aliphatic hydroxyl groups is 1. The van der Waals surface area contributed by atoms with E-state index in [1.165, 1.54) is 0 Å². The molecule has 1 rings (SSSR count). The number of hydrogen-bond donors (Lipinski definition) is 1. The smallest absolute Gasteiger partial charge is 0.126 e. The molecule has 0 amide bonds. The second-order valence-electron chi connectivity index (χ2n) is 2.22. The number of hydrogen-bond acceptors (Lipinski definition) is 1. The van der Waals surface area contributed by atoms with Crippen molar-refractivity contribution in [2.24, 2.45) is 0 Å². The minimum absolute atomic E-state index is 0.141. The molecule has 0 aliphatic heterocycles. The highest BCUT2D eigenvalue weighted by molar-refractivity contribution is 5.20. The molecule has 1 aromatic carbocycles. The molecule has 0 aliphatic rings. The zero-order valence-electron chi connectivity index (χ0n) is 5.72. The van der Waals surface area contributed by atoms with Crippen LogP contribution in [0.5, 0.6) is 0 Å². The fourth-order valence-electron chi connectivity index (χ4n) is 0.768. The highest BCUT2D eigenvalue weighted by Gasteiger charge is 2.04. The maximum absolute atomic E-state index is 12.4. The van der Waals surface area contributed by atoms with E-state index in [-0.39, 0.29) is 5.56 Å². The van der Waals surface area contributed by atoms with Gasteiger partial charge in [-0.25, -0.2) is 8.78 Å². The molecule has 3 heteroatoms. The highest BCUT2D eigenvalue weighted by atomic mass is 19.1. The predicted molar refractivity (Wildman–Crippen MR) is 36.7 cm³/mol. The molecule has 0 saturated carbocycles. The van der Waals surface area contributed by atoms with Crippen LogP contribution >= 0.6 is 0 Å². The summed E-state index contributed by atoms with van der Waals surface area (Å²) in [4.78, 5) is 0. The highest BCUT2D eigenvalue weighted by Crippen LogP contribution is 2.14. The third-order valence-electron chi connectivity index (χ3n) is 1.27. The number of rotatable bonds is 1. The van der Waals surface area contributed by atoms with E-state index in [1.807, 2.05) is 0 Å². The molecule has 0 aromatic heterocycles. The van der Waals surface area contributed by atoms with Crippen LogP contribution in [0.4, 0.5) is 8.78 Å². The molecule has 0 saturated heterocycles. The van der Waals surface area contributed by atoms with Gasteiger partial charge >= 0.3 is 0 Å². The lowest BCUT2D eigenvalue weighted by Gasteiger charge is -2.03. The maximum atomic E-state index is 12.4. The van der Waals surface area contributed by atoms with E-state index in [4.69, 9.17) is 5.11 Å². The van der Waals surface area contributed by atoms with Crippen LogP contribution in [0.15, 0.2) is 18.2 Å². The van der Waals surface area contributed by atoms with Crippen molar-refractivity contribution in [1.82, 2.24) is 0 Å². The van der Waals surface area contributed by atoms with Gasteiger partial charge in [0.15, 0.2) is 0 Å². The average Bonchev–Trinajstić information content (AvgIpc) is 1.85. The Morgan fingerprint density at radius 2 is 1.64 bits per heavy atom. The van der Waals surface area contributed by atoms with Gasteiger partial charge < -0.3 is 5.11 Å². The Labute approximate surface area is 63.3 Å². The first kappa shape index (κ1) is 8.14. The summed E-state index contributed by atoms with van der Waals surface area (Å²) in [6, 6.07) is 2.83. The van der Waals surface area contributed by atoms with Gasteiger partial charge in [0.05, 0.1) is 6.10 Å². The SMILES string of the molecule is [CH2]C(O)c1cc(F)cc(F)c1. The van der Waals surface area contributed by atoms with E-state index < -0.39 is 17.7 Å². The zero-order valence-corrected chi connectivity index (χ0v) is 5.72. The molecular formula is C8H7F2O. The van der Waals surface area contributed by atoms with Crippen molar-refractivity contribution in [1.29, 1.82) is 0 Å². The minimum Gasteiger partial charge on any atom is -0.388 e. The summed E-state index contributed by atoms with van der Waals surface area (Å²) in [5, 5.41) is 8.83. The summed E-state index contributed by atoms with van der Waals surface area (Å²) in [5.74, 6) is -1.41. The molecule has 1 aromatic rings. The fraction of sp³-hybridized carbons (Fsp3) is 0.125. The molecule has 1 N–H and O–H groups in total. The van der Waals surface area contributed by atoms with E-state index in [1.54, 1.807) is 0 Å². The largest absolute Gasteiger partial charge is 0.388 e. The molecule has 0 heterocycles. The summed E-state index contributed by atoms with van der Waals surface area (Å²) >= 11 is 0. The Balaban J connectivity index is 3.08. The quantitative estimate of drug-likeness (QED) is 0.659. The summed E-state index contributed by atoms with van der Waals surface area (Å²) in [5.41, 5.74) is 0.141. The number of benzene rings is 1. The molecule has 11 heavy (non-hydrogen) atoms. The first-order chi connectivity index (χ1) is 5.09. The molecule has 0 aliphatic carbocycles. The van der Waals surface area contributed by atoms with Gasteiger partial charge in [0, 0.05) is 6.07 Å². The fourth-order valence-corrected chi connectivity index (χ4v) is 0.768. The van der Waals surface area contributed by atoms with Gasteiger partial charge in [-0.3, -0.25) is 0 Å². The summed E-state index contributed by atoms with van der Waals surface area (Å²) in [6.45, 7) is 3.21. The topological polar surface area (TPSA) is 20.2 Å². The van der Waals surface area contributed by atoms with Gasteiger partial charge in [0.1, 0.15) is 11.6 Å². The Morgan fingerprint density at radius 1 is 1.18 bits per heavy atom. The minimum atomic E-state index is -1.08. The van der Waals surface area contributed by atoms with Gasteiger partial charge in [-0.1, -0.05) is 0 Å². The lowest BCUT2D eigenvalue weighted by atomic mass is 10.1. The van der Waals surface area contributed by atoms with Crippen LogP contribution in [0.2, 0.25) is 0 Å². The van der Waals surface area contributed by atoms with Gasteiger partial charge in [0.25, 0.3) is 0 Å². The number of aliphatic hydroxyl groups excluding tert-OH is 1. The normalized spacial score (nSPS) is 13.1. The summed E-state index contributed by atoms with van der Waals surface area (Å²) in [7, 11) is 0. The van der Waals surface area contributed by atoms with E-state index >= 15 is 0 Å². The van der Waals surface area contributed by atoms with Crippen LogP contribution in [0.1, 0.15) is 11.7 Å². The molecular weight excluding hydrogens is 150 g/mol. The van der Waals surface area contributed by atoms with Crippen LogP contribution in [0.3, 0.4) is 0 Å². The molecule has 1 radical (unpaired) electrons. The van der Waals surface area contributed by atoms with Crippen molar-refractivity contribution in [3.8, 4) is 0 Å². The third-order valence-corrected chi connectivity index (χ3v) is 1.27. The zero-order chi connectivity index (χ0) is 8.43. The summed E-state index contributed by atoms with van der Waals surface area (Å²) in [6.07, 6.45) is -1.08. The molecule has 1 unspecified atom stereocenters.